The zero-order valence-electron chi connectivity index (χ0n) is 8.06. The molecule has 0 aromatic rings. The van der Waals surface area contributed by atoms with Crippen LogP contribution in [0.25, 0.3) is 0 Å². The van der Waals surface area contributed by atoms with E-state index in [1.807, 2.05) is 6.92 Å². The minimum atomic E-state index is -0.0770. The van der Waals surface area contributed by atoms with Gasteiger partial charge in [-0.3, -0.25) is 4.79 Å². The van der Waals surface area contributed by atoms with Crippen LogP contribution < -0.4 is 5.32 Å². The minimum absolute atomic E-state index is 0.0770. The summed E-state index contributed by atoms with van der Waals surface area (Å²) >= 11 is 3.22. The van der Waals surface area contributed by atoms with Crippen LogP contribution in [0.2, 0.25) is 0 Å². The molecule has 1 amide bonds. The highest BCUT2D eigenvalue weighted by atomic mass is 79.9. The van der Waals surface area contributed by atoms with Crippen LogP contribution in [0.4, 0.5) is 0 Å². The predicted molar refractivity (Wildman–Crippen MR) is 55.5 cm³/mol. The molecule has 0 aromatic carbocycles. The van der Waals surface area contributed by atoms with Crippen LogP contribution in [0.1, 0.15) is 33.6 Å². The molecular weight excluding hydrogens is 218 g/mol. The van der Waals surface area contributed by atoms with Crippen molar-refractivity contribution in [2.45, 2.75) is 38.4 Å². The third kappa shape index (κ3) is 4.75. The quantitative estimate of drug-likeness (QED) is 0.729. The van der Waals surface area contributed by atoms with Crippen LogP contribution in [-0.2, 0) is 4.79 Å². The smallest absolute Gasteiger partial charge is 0.233 e. The number of nitrogens with one attached hydrogen (secondary N) is 1. The normalized spacial score (nSPS) is 13.1. The molecule has 0 unspecified atom stereocenters. The average molecular weight is 236 g/mol. The number of hydrogen-bond donors (Lipinski definition) is 1. The number of halogens is 1. The van der Waals surface area contributed by atoms with Crippen LogP contribution in [0.5, 0.6) is 0 Å². The molecule has 0 fully saturated rings. The first-order valence-electron chi connectivity index (χ1n) is 4.53. The Hall–Kier alpha value is -0.0500. The molecule has 72 valence electrons. The Balaban J connectivity index is 3.59. The van der Waals surface area contributed by atoms with Gasteiger partial charge >= 0.3 is 0 Å². The fourth-order valence-electron chi connectivity index (χ4n) is 0.963. The van der Waals surface area contributed by atoms with Gasteiger partial charge in [-0.05, 0) is 12.8 Å². The van der Waals surface area contributed by atoms with Crippen molar-refractivity contribution >= 4 is 21.8 Å². The van der Waals surface area contributed by atoms with Crippen molar-refractivity contribution in [3.05, 3.63) is 0 Å². The topological polar surface area (TPSA) is 29.1 Å². The maximum absolute atomic E-state index is 11.1. The monoisotopic (exact) mass is 235 g/mol. The standard InChI is InChI=1S/C9H18BrNO/c1-4-8(5-2)6-11-9(12)7(3)10/h7-8H,4-6H2,1-3H3,(H,11,12)/t7-/m1/s1. The van der Waals surface area contributed by atoms with Gasteiger partial charge in [0, 0.05) is 6.54 Å². The van der Waals surface area contributed by atoms with Crippen LogP contribution in [0.3, 0.4) is 0 Å². The van der Waals surface area contributed by atoms with Gasteiger partial charge in [-0.1, -0.05) is 42.6 Å². The van der Waals surface area contributed by atoms with Crippen molar-refractivity contribution in [3.63, 3.8) is 0 Å². The average Bonchev–Trinajstić information content (AvgIpc) is 2.05. The molecule has 0 saturated carbocycles. The molecule has 0 aliphatic rings. The van der Waals surface area contributed by atoms with Crippen molar-refractivity contribution < 1.29 is 4.79 Å². The van der Waals surface area contributed by atoms with Gasteiger partial charge in [0.2, 0.25) is 5.91 Å². The Labute approximate surface area is 83.2 Å². The number of carbonyl (C=O) groups is 1. The van der Waals surface area contributed by atoms with Crippen molar-refractivity contribution in [3.8, 4) is 0 Å². The molecule has 0 radical (unpaired) electrons. The van der Waals surface area contributed by atoms with E-state index in [1.165, 1.54) is 0 Å². The summed E-state index contributed by atoms with van der Waals surface area (Å²) in [5.74, 6) is 0.710. The highest BCUT2D eigenvalue weighted by Crippen LogP contribution is 2.05. The summed E-state index contributed by atoms with van der Waals surface area (Å²) < 4.78 is 0. The zero-order valence-corrected chi connectivity index (χ0v) is 9.65. The Morgan fingerprint density at radius 1 is 1.42 bits per heavy atom. The summed E-state index contributed by atoms with van der Waals surface area (Å²) in [6.07, 6.45) is 2.26. The summed E-state index contributed by atoms with van der Waals surface area (Å²) in [5.41, 5.74) is 0. The van der Waals surface area contributed by atoms with Crippen LogP contribution in [0, 0.1) is 5.92 Å². The number of rotatable bonds is 5. The van der Waals surface area contributed by atoms with E-state index in [9.17, 15) is 4.79 Å². The fraction of sp³-hybridized carbons (Fsp3) is 0.889. The number of carbonyl (C=O) groups excluding carboxylic acids is 1. The van der Waals surface area contributed by atoms with E-state index < -0.39 is 0 Å². The van der Waals surface area contributed by atoms with Crippen molar-refractivity contribution in [1.29, 1.82) is 0 Å². The van der Waals surface area contributed by atoms with Gasteiger partial charge in [-0.15, -0.1) is 0 Å². The van der Waals surface area contributed by atoms with Crippen LogP contribution >= 0.6 is 15.9 Å². The lowest BCUT2D eigenvalue weighted by Gasteiger charge is -2.13. The van der Waals surface area contributed by atoms with Crippen LogP contribution in [-0.4, -0.2) is 17.3 Å². The molecule has 0 heterocycles. The fourth-order valence-corrected chi connectivity index (χ4v) is 1.12. The summed E-state index contributed by atoms with van der Waals surface area (Å²) in [7, 11) is 0. The van der Waals surface area contributed by atoms with E-state index in [4.69, 9.17) is 0 Å². The van der Waals surface area contributed by atoms with Gasteiger partial charge in [-0.2, -0.15) is 0 Å². The molecule has 3 heteroatoms. The maximum atomic E-state index is 11.1. The molecule has 1 N–H and O–H groups in total. The maximum Gasteiger partial charge on any atom is 0.233 e. The molecule has 0 aliphatic carbocycles. The Morgan fingerprint density at radius 2 is 1.92 bits per heavy atom. The molecule has 2 nitrogen and oxygen atoms in total. The van der Waals surface area contributed by atoms with Gasteiger partial charge in [0.05, 0.1) is 4.83 Å². The van der Waals surface area contributed by atoms with Crippen LogP contribution in [0.15, 0.2) is 0 Å². The Bertz CT molecular complexity index is 132. The Kier molecular flexibility index (Phi) is 6.44. The van der Waals surface area contributed by atoms with E-state index >= 15 is 0 Å². The predicted octanol–water partition coefficient (Wildman–Crippen LogP) is 2.32. The molecule has 0 saturated heterocycles. The number of amides is 1. The molecule has 0 spiro atoms. The lowest BCUT2D eigenvalue weighted by molar-refractivity contribution is -0.120. The van der Waals surface area contributed by atoms with E-state index in [0.717, 1.165) is 19.4 Å². The number of alkyl halides is 1. The first kappa shape index (κ1) is 11.9. The lowest BCUT2D eigenvalue weighted by atomic mass is 10.0. The van der Waals surface area contributed by atoms with E-state index in [0.29, 0.717) is 5.92 Å². The van der Waals surface area contributed by atoms with Gasteiger partial charge in [0.1, 0.15) is 0 Å². The van der Waals surface area contributed by atoms with Crippen molar-refractivity contribution in [2.75, 3.05) is 6.54 Å². The first-order valence-corrected chi connectivity index (χ1v) is 5.45. The molecule has 0 aromatic heterocycles. The molecule has 0 rings (SSSR count). The summed E-state index contributed by atoms with van der Waals surface area (Å²) in [6, 6.07) is 0. The first-order chi connectivity index (χ1) is 5.61. The second kappa shape index (κ2) is 6.46. The summed E-state index contributed by atoms with van der Waals surface area (Å²) in [4.78, 5) is 11.0. The molecule has 0 bridgehead atoms. The van der Waals surface area contributed by atoms with Crippen molar-refractivity contribution in [2.24, 2.45) is 5.92 Å². The SMILES string of the molecule is CCC(CC)CNC(=O)[C@@H](C)Br. The second-order valence-electron chi connectivity index (χ2n) is 3.04. The third-order valence-corrected chi connectivity index (χ3v) is 2.50. The van der Waals surface area contributed by atoms with Gasteiger partial charge in [-0.25, -0.2) is 0 Å². The van der Waals surface area contributed by atoms with Crippen molar-refractivity contribution in [1.82, 2.24) is 5.32 Å². The zero-order chi connectivity index (χ0) is 9.56. The Morgan fingerprint density at radius 3 is 2.25 bits per heavy atom. The largest absolute Gasteiger partial charge is 0.355 e. The van der Waals surface area contributed by atoms with Gasteiger partial charge in [0.15, 0.2) is 0 Å². The second-order valence-corrected chi connectivity index (χ2v) is 4.42. The third-order valence-electron chi connectivity index (χ3n) is 2.08. The van der Waals surface area contributed by atoms with Gasteiger partial charge in [0.25, 0.3) is 0 Å². The van der Waals surface area contributed by atoms with E-state index in [1.54, 1.807) is 0 Å². The highest BCUT2D eigenvalue weighted by Gasteiger charge is 2.09. The number of hydrogen-bond acceptors (Lipinski definition) is 1. The lowest BCUT2D eigenvalue weighted by Crippen LogP contribution is -2.33. The van der Waals surface area contributed by atoms with E-state index in [-0.39, 0.29) is 10.7 Å². The summed E-state index contributed by atoms with van der Waals surface area (Å²) in [6.45, 7) is 6.94. The highest BCUT2D eigenvalue weighted by molar-refractivity contribution is 9.10. The molecule has 0 aliphatic heterocycles. The van der Waals surface area contributed by atoms with E-state index in [2.05, 4.69) is 35.1 Å². The molecule has 1 atom stereocenters. The van der Waals surface area contributed by atoms with Gasteiger partial charge < -0.3 is 5.32 Å². The minimum Gasteiger partial charge on any atom is -0.355 e. The summed E-state index contributed by atoms with van der Waals surface area (Å²) in [5, 5.41) is 2.90. The molecule has 12 heavy (non-hydrogen) atoms. The molecular formula is C9H18BrNO.